The number of carbonyl (C=O) groups is 2. The summed E-state index contributed by atoms with van der Waals surface area (Å²) in [7, 11) is 0. The Hall–Kier alpha value is -1.62. The molecule has 1 aromatic rings. The average molecular weight is 313 g/mol. The van der Waals surface area contributed by atoms with Crippen LogP contribution in [0.1, 0.15) is 56.1 Å². The lowest BCUT2D eigenvalue weighted by Crippen LogP contribution is -2.40. The third kappa shape index (κ3) is 4.43. The first-order valence-electron chi connectivity index (χ1n) is 6.88. The van der Waals surface area contributed by atoms with Gasteiger partial charge in [-0.15, -0.1) is 0 Å². The number of nitrogens with one attached hydrogen (secondary N) is 1. The van der Waals surface area contributed by atoms with Gasteiger partial charge in [0.05, 0.1) is 5.41 Å². The molecule has 6 heteroatoms. The van der Waals surface area contributed by atoms with Crippen molar-refractivity contribution in [3.63, 3.8) is 0 Å². The number of carboxylic acids is 1. The molecular weight excluding hydrogens is 292 g/mol. The average Bonchev–Trinajstić information content (AvgIpc) is 2.43. The van der Waals surface area contributed by atoms with Gasteiger partial charge in [0.2, 0.25) is 0 Å². The largest absolute Gasteiger partial charge is 0.481 e. The van der Waals surface area contributed by atoms with E-state index in [0.717, 1.165) is 5.69 Å². The fraction of sp³-hybridized carbons (Fsp3) is 0.533. The Morgan fingerprint density at radius 1 is 1.43 bits per heavy atom. The van der Waals surface area contributed by atoms with Crippen LogP contribution in [0, 0.1) is 5.41 Å². The van der Waals surface area contributed by atoms with Crippen molar-refractivity contribution >= 4 is 23.5 Å². The van der Waals surface area contributed by atoms with Crippen LogP contribution in [0.15, 0.2) is 12.1 Å². The number of pyridine rings is 1. The minimum Gasteiger partial charge on any atom is -0.481 e. The first-order valence-corrected chi connectivity index (χ1v) is 7.26. The topological polar surface area (TPSA) is 79.3 Å². The number of hydrogen-bond acceptors (Lipinski definition) is 3. The predicted molar refractivity (Wildman–Crippen MR) is 81.7 cm³/mol. The van der Waals surface area contributed by atoms with Crippen LogP contribution in [0.4, 0.5) is 0 Å². The molecule has 0 bridgehead atoms. The highest BCUT2D eigenvalue weighted by Gasteiger charge is 2.31. The van der Waals surface area contributed by atoms with E-state index >= 15 is 0 Å². The lowest BCUT2D eigenvalue weighted by Gasteiger charge is -2.23. The van der Waals surface area contributed by atoms with E-state index in [1.165, 1.54) is 6.07 Å². The van der Waals surface area contributed by atoms with E-state index in [4.69, 9.17) is 11.6 Å². The van der Waals surface area contributed by atoms with E-state index in [1.54, 1.807) is 19.9 Å². The molecule has 0 aliphatic rings. The van der Waals surface area contributed by atoms with Crippen molar-refractivity contribution in [2.24, 2.45) is 5.41 Å². The molecule has 1 rings (SSSR count). The summed E-state index contributed by atoms with van der Waals surface area (Å²) in [5, 5.41) is 12.1. The van der Waals surface area contributed by atoms with Crippen molar-refractivity contribution in [3.05, 3.63) is 28.5 Å². The summed E-state index contributed by atoms with van der Waals surface area (Å²) < 4.78 is 0. The van der Waals surface area contributed by atoms with Crippen LogP contribution in [-0.2, 0) is 4.79 Å². The molecule has 5 nitrogen and oxygen atoms in total. The minimum absolute atomic E-state index is 0.0641. The Balaban J connectivity index is 2.88. The van der Waals surface area contributed by atoms with Gasteiger partial charge < -0.3 is 10.4 Å². The second kappa shape index (κ2) is 6.89. The number of carbonyl (C=O) groups excluding carboxylic acids is 1. The van der Waals surface area contributed by atoms with Crippen LogP contribution in [0.2, 0.25) is 5.15 Å². The zero-order valence-electron chi connectivity index (χ0n) is 12.7. The summed E-state index contributed by atoms with van der Waals surface area (Å²) in [5.74, 6) is -1.13. The lowest BCUT2D eigenvalue weighted by atomic mass is 9.87. The van der Waals surface area contributed by atoms with Crippen LogP contribution < -0.4 is 5.32 Å². The molecule has 0 fully saturated rings. The van der Waals surface area contributed by atoms with E-state index in [-0.39, 0.29) is 23.5 Å². The number of carboxylic acid groups (broad SMARTS) is 1. The van der Waals surface area contributed by atoms with Gasteiger partial charge in [-0.1, -0.05) is 32.4 Å². The van der Waals surface area contributed by atoms with Gasteiger partial charge in [-0.3, -0.25) is 9.59 Å². The van der Waals surface area contributed by atoms with Gasteiger partial charge >= 0.3 is 5.97 Å². The Kier molecular flexibility index (Phi) is 5.72. The molecule has 0 saturated heterocycles. The summed E-state index contributed by atoms with van der Waals surface area (Å²) in [6.45, 7) is 7.36. The van der Waals surface area contributed by atoms with Gasteiger partial charge in [-0.25, -0.2) is 4.98 Å². The van der Waals surface area contributed by atoms with E-state index < -0.39 is 11.4 Å². The molecule has 0 saturated carbocycles. The van der Waals surface area contributed by atoms with Crippen molar-refractivity contribution in [1.29, 1.82) is 0 Å². The van der Waals surface area contributed by atoms with Crippen molar-refractivity contribution < 1.29 is 14.7 Å². The van der Waals surface area contributed by atoms with Gasteiger partial charge in [0.25, 0.3) is 5.91 Å². The van der Waals surface area contributed by atoms with Gasteiger partial charge in [0.1, 0.15) is 5.15 Å². The smallest absolute Gasteiger partial charge is 0.311 e. The maximum atomic E-state index is 12.2. The van der Waals surface area contributed by atoms with Crippen LogP contribution in [0.25, 0.3) is 0 Å². The highest BCUT2D eigenvalue weighted by molar-refractivity contribution is 6.29. The van der Waals surface area contributed by atoms with Crippen LogP contribution in [0.3, 0.4) is 0 Å². The number of hydrogen-bond donors (Lipinski definition) is 2. The Labute approximate surface area is 129 Å². The maximum absolute atomic E-state index is 12.2. The van der Waals surface area contributed by atoms with Crippen molar-refractivity contribution in [1.82, 2.24) is 10.3 Å². The van der Waals surface area contributed by atoms with Gasteiger partial charge in [0.15, 0.2) is 0 Å². The molecule has 1 unspecified atom stereocenters. The summed E-state index contributed by atoms with van der Waals surface area (Å²) in [4.78, 5) is 27.5. The van der Waals surface area contributed by atoms with E-state index in [1.807, 2.05) is 13.8 Å². The van der Waals surface area contributed by atoms with Crippen molar-refractivity contribution in [3.8, 4) is 0 Å². The Bertz CT molecular complexity index is 546. The summed E-state index contributed by atoms with van der Waals surface area (Å²) in [6, 6.07) is 3.16. The third-order valence-corrected chi connectivity index (χ3v) is 3.80. The second-order valence-corrected chi connectivity index (χ2v) is 6.05. The highest BCUT2D eigenvalue weighted by atomic mass is 35.5. The Morgan fingerprint density at radius 3 is 2.52 bits per heavy atom. The van der Waals surface area contributed by atoms with Crippen LogP contribution in [0.5, 0.6) is 0 Å². The molecule has 1 heterocycles. The predicted octanol–water partition coefficient (Wildman–Crippen LogP) is 3.09. The molecule has 1 amide bonds. The molecular formula is C15H21ClN2O3. The minimum atomic E-state index is -0.979. The van der Waals surface area contributed by atoms with E-state index in [2.05, 4.69) is 10.3 Å². The number of halogens is 1. The second-order valence-electron chi connectivity index (χ2n) is 5.66. The standard InChI is InChI=1S/C15H21ClN2O3/c1-5-15(4,14(20)21)8-17-13(19)10-6-11(9(2)3)18-12(16)7-10/h6-7,9H,5,8H2,1-4H3,(H,17,19)(H,20,21). The fourth-order valence-corrected chi connectivity index (χ4v) is 1.89. The molecule has 0 aliphatic carbocycles. The van der Waals surface area contributed by atoms with Crippen molar-refractivity contribution in [2.45, 2.75) is 40.0 Å². The fourth-order valence-electron chi connectivity index (χ4n) is 1.67. The SMILES string of the molecule is CCC(C)(CNC(=O)c1cc(Cl)nc(C(C)C)c1)C(=O)O. The molecule has 1 aromatic heterocycles. The first kappa shape index (κ1) is 17.4. The number of amides is 1. The molecule has 2 N–H and O–H groups in total. The highest BCUT2D eigenvalue weighted by Crippen LogP contribution is 2.21. The zero-order valence-corrected chi connectivity index (χ0v) is 13.5. The van der Waals surface area contributed by atoms with Crippen LogP contribution in [-0.4, -0.2) is 28.5 Å². The van der Waals surface area contributed by atoms with E-state index in [0.29, 0.717) is 12.0 Å². The van der Waals surface area contributed by atoms with Gasteiger partial charge in [-0.2, -0.15) is 0 Å². The monoisotopic (exact) mass is 312 g/mol. The number of aromatic nitrogens is 1. The molecule has 21 heavy (non-hydrogen) atoms. The maximum Gasteiger partial charge on any atom is 0.311 e. The molecule has 0 aliphatic heterocycles. The first-order chi connectivity index (χ1) is 9.69. The summed E-state index contributed by atoms with van der Waals surface area (Å²) in [6.07, 6.45) is 0.428. The van der Waals surface area contributed by atoms with Crippen molar-refractivity contribution in [2.75, 3.05) is 6.54 Å². The zero-order chi connectivity index (χ0) is 16.2. The normalized spacial score (nSPS) is 13.8. The molecule has 0 spiro atoms. The van der Waals surface area contributed by atoms with Gasteiger partial charge in [0, 0.05) is 17.8 Å². The summed E-state index contributed by atoms with van der Waals surface area (Å²) >= 11 is 5.92. The molecule has 116 valence electrons. The number of aliphatic carboxylic acids is 1. The Morgan fingerprint density at radius 2 is 2.05 bits per heavy atom. The number of rotatable bonds is 6. The number of nitrogens with zero attached hydrogens (tertiary/aromatic N) is 1. The summed E-state index contributed by atoms with van der Waals surface area (Å²) in [5.41, 5.74) is 0.138. The molecule has 0 aromatic carbocycles. The van der Waals surface area contributed by atoms with E-state index in [9.17, 15) is 14.7 Å². The lowest BCUT2D eigenvalue weighted by molar-refractivity contribution is -0.147. The quantitative estimate of drug-likeness (QED) is 0.791. The molecule has 1 atom stereocenters. The molecule has 0 radical (unpaired) electrons. The van der Waals surface area contributed by atoms with Crippen LogP contribution >= 0.6 is 11.6 Å². The third-order valence-electron chi connectivity index (χ3n) is 3.60. The van der Waals surface area contributed by atoms with Gasteiger partial charge in [-0.05, 0) is 31.4 Å².